The van der Waals surface area contributed by atoms with Crippen LogP contribution in [0.15, 0.2) is 110 Å². The molecule has 5 aromatic carbocycles. The van der Waals surface area contributed by atoms with Crippen LogP contribution >= 0.6 is 0 Å². The van der Waals surface area contributed by atoms with Crippen molar-refractivity contribution >= 4 is 114 Å². The second-order valence-electron chi connectivity index (χ2n) is 19.8. The molecule has 0 nitrogen and oxygen atoms in total. The van der Waals surface area contributed by atoms with Gasteiger partial charge in [-0.15, -0.1) is 0 Å². The summed E-state index contributed by atoms with van der Waals surface area (Å²) in [4.78, 5) is 0. The Morgan fingerprint density at radius 1 is 0.276 bits per heavy atom. The molecule has 0 radical (unpaired) electrons. The van der Waals surface area contributed by atoms with Crippen LogP contribution in [0.4, 0.5) is 0 Å². The molecule has 0 N–H and O–H groups in total. The highest BCUT2D eigenvalue weighted by atomic mass is 28.3. The molecule has 0 saturated heterocycles. The summed E-state index contributed by atoms with van der Waals surface area (Å²) in [6, 6.07) is 36.3. The van der Waals surface area contributed by atoms with E-state index in [0.717, 1.165) is 11.1 Å². The third-order valence-corrected chi connectivity index (χ3v) is 19.0. The minimum atomic E-state index is -1.66. The van der Waals surface area contributed by atoms with E-state index in [0.29, 0.717) is 0 Å². The molecular weight excluding hydrogens is 761 g/mol. The highest BCUT2D eigenvalue weighted by Crippen LogP contribution is 2.21. The van der Waals surface area contributed by atoms with Crippen LogP contribution in [-0.2, 0) is 0 Å². The smallest absolute Gasteiger partial charge is 0.0784 e. The first-order valence-corrected chi connectivity index (χ1v) is 34.8. The van der Waals surface area contributed by atoms with Gasteiger partial charge in [-0.3, -0.25) is 0 Å². The standard InChI is InChI=1S/C54H66Si4/c1-15-41-17-21-43(22-18-41)29-33-47-37-53(57(9,10)11)49(39-51(47)55(3,4)5)35-31-45-25-27-46(28-26-45)32-36-50-40-52(56(6,7)8)48(38-54(50)58(12,13)14)34-30-44-23-19-42(16-2)20-24-44/h15-40H,1-2H2,3-14H3/b33-29+,34-30+,35-31+,36-32+. The van der Waals surface area contributed by atoms with Gasteiger partial charge in [0.1, 0.15) is 0 Å². The van der Waals surface area contributed by atoms with Gasteiger partial charge in [0.25, 0.3) is 0 Å². The molecule has 0 spiro atoms. The number of rotatable bonds is 14. The number of hydrogen-bond donors (Lipinski definition) is 0. The zero-order valence-corrected chi connectivity index (χ0v) is 41.4. The highest BCUT2D eigenvalue weighted by molar-refractivity contribution is 6.92. The van der Waals surface area contributed by atoms with Crippen molar-refractivity contribution in [1.29, 1.82) is 0 Å². The van der Waals surface area contributed by atoms with Crippen LogP contribution in [0, 0.1) is 0 Å². The fourth-order valence-corrected chi connectivity index (χ4v) is 13.8. The van der Waals surface area contributed by atoms with Crippen LogP contribution in [0.5, 0.6) is 0 Å². The van der Waals surface area contributed by atoms with Gasteiger partial charge >= 0.3 is 0 Å². The SMILES string of the molecule is C=Cc1ccc(/C=C/c2cc([Si](C)(C)C)c(/C=C/c3ccc(/C=C/c4cc([Si](C)(C)C)c(/C=C/c5ccc(C=C)cc5)cc4[Si](C)(C)C)cc3)cc2[Si](C)(C)C)cc1. The largest absolute Gasteiger partial charge is 0.0985 e. The van der Waals surface area contributed by atoms with E-state index in [2.05, 4.69) is 237 Å². The molecule has 298 valence electrons. The van der Waals surface area contributed by atoms with Crippen LogP contribution in [0.3, 0.4) is 0 Å². The monoisotopic (exact) mass is 826 g/mol. The Bertz CT molecular complexity index is 2190. The quantitative estimate of drug-likeness (QED) is 0.0773. The molecule has 0 heterocycles. The predicted octanol–water partition coefficient (Wildman–Crippen LogP) is 13.8. The number of hydrogen-bond acceptors (Lipinski definition) is 0. The molecule has 0 aliphatic carbocycles. The maximum atomic E-state index is 3.90. The predicted molar refractivity (Wildman–Crippen MR) is 280 cm³/mol. The fourth-order valence-electron chi connectivity index (χ4n) is 7.36. The minimum Gasteiger partial charge on any atom is -0.0985 e. The first kappa shape index (κ1) is 44.5. The van der Waals surface area contributed by atoms with Gasteiger partial charge in [0, 0.05) is 0 Å². The third-order valence-electron chi connectivity index (χ3n) is 10.8. The Hall–Kier alpha value is -4.59. The molecular formula is C54H66Si4. The van der Waals surface area contributed by atoms with Crippen LogP contribution in [0.2, 0.25) is 78.6 Å². The van der Waals surface area contributed by atoms with Gasteiger partial charge in [-0.25, -0.2) is 0 Å². The minimum absolute atomic E-state index is 1.15. The topological polar surface area (TPSA) is 0 Å². The van der Waals surface area contributed by atoms with Crippen LogP contribution in [-0.4, -0.2) is 32.3 Å². The van der Waals surface area contributed by atoms with Crippen molar-refractivity contribution in [2.75, 3.05) is 0 Å². The van der Waals surface area contributed by atoms with Gasteiger partial charge in [0.2, 0.25) is 0 Å². The summed E-state index contributed by atoms with van der Waals surface area (Å²) >= 11 is 0. The number of benzene rings is 5. The van der Waals surface area contributed by atoms with Gasteiger partial charge in [-0.1, -0.05) is 270 Å². The van der Waals surface area contributed by atoms with Crippen LogP contribution < -0.4 is 20.7 Å². The molecule has 0 unspecified atom stereocenters. The van der Waals surface area contributed by atoms with Crippen molar-refractivity contribution in [2.24, 2.45) is 0 Å². The summed E-state index contributed by atoms with van der Waals surface area (Å²) < 4.78 is 0. The summed E-state index contributed by atoms with van der Waals surface area (Å²) in [5.41, 5.74) is 12.6. The van der Waals surface area contributed by atoms with Crippen molar-refractivity contribution in [3.63, 3.8) is 0 Å². The zero-order chi connectivity index (χ0) is 42.5. The van der Waals surface area contributed by atoms with Gasteiger partial charge in [-0.2, -0.15) is 0 Å². The molecule has 0 fully saturated rings. The zero-order valence-electron chi connectivity index (χ0n) is 37.4. The summed E-state index contributed by atoms with van der Waals surface area (Å²) in [6.07, 6.45) is 22.4. The Kier molecular flexibility index (Phi) is 13.9. The van der Waals surface area contributed by atoms with Gasteiger partial charge in [0.15, 0.2) is 0 Å². The van der Waals surface area contributed by atoms with Crippen molar-refractivity contribution in [2.45, 2.75) is 78.6 Å². The van der Waals surface area contributed by atoms with E-state index in [4.69, 9.17) is 0 Å². The van der Waals surface area contributed by atoms with E-state index in [-0.39, 0.29) is 0 Å². The van der Waals surface area contributed by atoms with Gasteiger partial charge < -0.3 is 0 Å². The van der Waals surface area contributed by atoms with E-state index in [9.17, 15) is 0 Å². The van der Waals surface area contributed by atoms with Gasteiger partial charge in [-0.05, 0) is 55.6 Å². The highest BCUT2D eigenvalue weighted by Gasteiger charge is 2.27. The maximum absolute atomic E-state index is 3.90. The van der Waals surface area contributed by atoms with Crippen LogP contribution in [0.25, 0.3) is 60.8 Å². The maximum Gasteiger partial charge on any atom is 0.0784 e. The molecule has 0 aliphatic rings. The Morgan fingerprint density at radius 2 is 0.448 bits per heavy atom. The second kappa shape index (κ2) is 18.1. The molecule has 0 aromatic heterocycles. The second-order valence-corrected chi connectivity index (χ2v) is 39.9. The van der Waals surface area contributed by atoms with E-state index in [1.807, 2.05) is 12.2 Å². The molecule has 58 heavy (non-hydrogen) atoms. The molecule has 4 heteroatoms. The Balaban J connectivity index is 1.45. The van der Waals surface area contributed by atoms with Crippen molar-refractivity contribution in [1.82, 2.24) is 0 Å². The van der Waals surface area contributed by atoms with Crippen molar-refractivity contribution in [3.05, 3.63) is 166 Å². The molecule has 0 aliphatic heterocycles. The van der Waals surface area contributed by atoms with Gasteiger partial charge in [0.05, 0.1) is 32.3 Å². The molecule has 5 rings (SSSR count). The van der Waals surface area contributed by atoms with E-state index in [1.165, 1.54) is 65.3 Å². The molecule has 0 bridgehead atoms. The van der Waals surface area contributed by atoms with E-state index >= 15 is 0 Å². The first-order valence-electron chi connectivity index (χ1n) is 20.8. The lowest BCUT2D eigenvalue weighted by Crippen LogP contribution is -2.45. The molecule has 0 atom stereocenters. The molecule has 0 saturated carbocycles. The lowest BCUT2D eigenvalue weighted by atomic mass is 10.1. The van der Waals surface area contributed by atoms with Crippen molar-refractivity contribution < 1.29 is 0 Å². The summed E-state index contributed by atoms with van der Waals surface area (Å²) in [5, 5.41) is 6.02. The van der Waals surface area contributed by atoms with E-state index in [1.54, 1.807) is 0 Å². The lowest BCUT2D eigenvalue weighted by molar-refractivity contribution is 1.60. The first-order chi connectivity index (χ1) is 27.1. The Morgan fingerprint density at radius 3 is 0.603 bits per heavy atom. The lowest BCUT2D eigenvalue weighted by Gasteiger charge is -2.26. The Labute approximate surface area is 356 Å². The van der Waals surface area contributed by atoms with Crippen molar-refractivity contribution in [3.8, 4) is 0 Å². The summed E-state index contributed by atoms with van der Waals surface area (Å²) in [7, 11) is -6.60. The average Bonchev–Trinajstić information content (AvgIpc) is 3.16. The fraction of sp³-hybridized carbons (Fsp3) is 0.222. The van der Waals surface area contributed by atoms with Crippen LogP contribution in [0.1, 0.15) is 55.6 Å². The normalized spacial score (nSPS) is 13.0. The third kappa shape index (κ3) is 11.8. The molecule has 0 amide bonds. The van der Waals surface area contributed by atoms with E-state index < -0.39 is 32.3 Å². The summed E-state index contributed by atoms with van der Waals surface area (Å²) in [6.45, 7) is 37.3. The molecule has 5 aromatic rings. The average molecular weight is 827 g/mol. The summed E-state index contributed by atoms with van der Waals surface area (Å²) in [5.74, 6) is 0.